The number of nitrogens with zero attached hydrogens (tertiary/aromatic N) is 2. The van der Waals surface area contributed by atoms with Gasteiger partial charge in [0.15, 0.2) is 5.71 Å². The molecule has 0 aromatic heterocycles. The van der Waals surface area contributed by atoms with Crippen LogP contribution in [0.15, 0.2) is 123 Å². The van der Waals surface area contributed by atoms with E-state index in [1.807, 2.05) is 13.8 Å². The Bertz CT molecular complexity index is 2620. The molecule has 0 atom stereocenters. The Hall–Kier alpha value is -4.86. The van der Waals surface area contributed by atoms with Crippen molar-refractivity contribution in [2.75, 3.05) is 31.1 Å². The molecule has 66 heavy (non-hydrogen) atoms. The van der Waals surface area contributed by atoms with Crippen molar-refractivity contribution in [2.45, 2.75) is 139 Å². The van der Waals surface area contributed by atoms with E-state index in [4.69, 9.17) is 10.5 Å². The smallest absolute Gasteiger partial charge is 0.294 e. The number of ether oxygens (including phenoxy) is 1. The number of amides is 1. The van der Waals surface area contributed by atoms with Crippen LogP contribution < -0.4 is 20.7 Å². The van der Waals surface area contributed by atoms with E-state index in [1.165, 1.54) is 53.4 Å². The van der Waals surface area contributed by atoms with Crippen LogP contribution in [0.2, 0.25) is 0 Å². The molecule has 0 unspecified atom stereocenters. The van der Waals surface area contributed by atoms with Gasteiger partial charge in [-0.05, 0) is 137 Å². The van der Waals surface area contributed by atoms with Crippen LogP contribution >= 0.6 is 0 Å². The van der Waals surface area contributed by atoms with Gasteiger partial charge in [-0.25, -0.2) is 8.42 Å². The Kier molecular flexibility index (Phi) is 16.7. The van der Waals surface area contributed by atoms with Crippen molar-refractivity contribution in [1.82, 2.24) is 5.32 Å². The summed E-state index contributed by atoms with van der Waals surface area (Å²) in [6.07, 6.45) is 19.7. The van der Waals surface area contributed by atoms with Gasteiger partial charge in [0.1, 0.15) is 28.2 Å². The van der Waals surface area contributed by atoms with E-state index in [-0.39, 0.29) is 21.1 Å². The molecular weight excluding hydrogens is 873 g/mol. The normalized spacial score (nSPS) is 18.2. The summed E-state index contributed by atoms with van der Waals surface area (Å²) in [5, 5.41) is 3.03. The highest BCUT2D eigenvalue weighted by molar-refractivity contribution is 7.86. The van der Waals surface area contributed by atoms with E-state index in [2.05, 4.69) is 84.1 Å². The number of rotatable bonds is 22. The maximum Gasteiger partial charge on any atom is 0.294 e. The molecule has 3 aromatic carbocycles. The van der Waals surface area contributed by atoms with Gasteiger partial charge in [0, 0.05) is 60.4 Å². The van der Waals surface area contributed by atoms with E-state index in [9.17, 15) is 30.7 Å². The molecule has 2 aliphatic heterocycles. The minimum Gasteiger partial charge on any atom is -0.744 e. The van der Waals surface area contributed by atoms with Crippen LogP contribution in [0.5, 0.6) is 5.75 Å². The highest BCUT2D eigenvalue weighted by atomic mass is 32.2. The molecule has 0 radical (unpaired) electrons. The van der Waals surface area contributed by atoms with Crippen LogP contribution in [-0.2, 0) is 35.9 Å². The maximum absolute atomic E-state index is 12.6. The minimum atomic E-state index is -4.71. The molecule has 3 aliphatic rings. The van der Waals surface area contributed by atoms with Crippen LogP contribution in [0.3, 0.4) is 0 Å². The molecule has 1 aliphatic carbocycles. The number of hydrogen-bond donors (Lipinski definition) is 3. The summed E-state index contributed by atoms with van der Waals surface area (Å²) < 4.78 is 79.4. The first-order chi connectivity index (χ1) is 31.4. The summed E-state index contributed by atoms with van der Waals surface area (Å²) in [6, 6.07) is 18.9. The molecule has 356 valence electrons. The molecule has 0 bridgehead atoms. The first-order valence-corrected chi connectivity index (χ1v) is 26.4. The largest absolute Gasteiger partial charge is 0.744 e. The fraction of sp³-hybridized carbons (Fsp3) is 0.462. The molecule has 6 rings (SSSR count). The van der Waals surface area contributed by atoms with Gasteiger partial charge in [0.05, 0.1) is 15.2 Å². The summed E-state index contributed by atoms with van der Waals surface area (Å²) in [5.41, 5.74) is 12.7. The predicted molar refractivity (Wildman–Crippen MR) is 261 cm³/mol. The highest BCUT2D eigenvalue weighted by Crippen LogP contribution is 2.49. The zero-order chi connectivity index (χ0) is 47.7. The first kappa shape index (κ1) is 50.6. The number of carbonyl (C=O) groups excluding carboxylic acids is 1. The van der Waals surface area contributed by atoms with Crippen LogP contribution in [0.25, 0.3) is 0 Å². The standard InChI is InChI=1S/C52H68N4O8S2/c1-6-7-35-55-45-21-13-12-20-43(45)51(2,3)47(55)31-23-38-18-17-19-39(50(38)64-40-25-27-41(28-26-40)65(58,59)60)24-32-48-52(4,5)44-37-42(66(61,62)63)29-30-46(44)56(48)36-16-10-11-22-49(57)54-34-15-9-8-14-33-53/h12-13,20-21,23-32,37H,6-11,14-19,22,33-36,53H2,1-5H3,(H2-,54,57,58,59,60,61,62,63). The number of nitrogens with one attached hydrogen (secondary N) is 1. The number of nitrogens with two attached hydrogens (primary N) is 1. The lowest BCUT2D eigenvalue weighted by Gasteiger charge is -2.27. The molecule has 0 saturated heterocycles. The topological polar surface area (TPSA) is 182 Å². The molecule has 3 aromatic rings. The average molecular weight is 941 g/mol. The molecular formula is C52H68N4O8S2. The fourth-order valence-electron chi connectivity index (χ4n) is 9.43. The van der Waals surface area contributed by atoms with Gasteiger partial charge in [-0.2, -0.15) is 13.0 Å². The number of allylic oxidation sites excluding steroid dienone is 7. The van der Waals surface area contributed by atoms with Gasteiger partial charge in [-0.1, -0.05) is 70.7 Å². The molecule has 0 spiro atoms. The zero-order valence-corrected chi connectivity index (χ0v) is 40.9. The van der Waals surface area contributed by atoms with Gasteiger partial charge >= 0.3 is 0 Å². The van der Waals surface area contributed by atoms with Crippen molar-refractivity contribution < 1.29 is 40.0 Å². The third kappa shape index (κ3) is 12.0. The second-order valence-corrected chi connectivity index (χ2v) is 21.4. The molecule has 0 saturated carbocycles. The molecule has 4 N–H and O–H groups in total. The monoisotopic (exact) mass is 940 g/mol. The summed E-state index contributed by atoms with van der Waals surface area (Å²) in [5.74, 6) is 1.11. The van der Waals surface area contributed by atoms with Crippen molar-refractivity contribution in [2.24, 2.45) is 5.73 Å². The number of hydrogen-bond acceptors (Lipinski definition) is 9. The lowest BCUT2D eigenvalue weighted by molar-refractivity contribution is -0.438. The Labute approximate surface area is 392 Å². The van der Waals surface area contributed by atoms with Crippen molar-refractivity contribution in [3.05, 3.63) is 125 Å². The predicted octanol–water partition coefficient (Wildman–Crippen LogP) is 9.89. The van der Waals surface area contributed by atoms with Crippen LogP contribution in [0.1, 0.15) is 129 Å². The van der Waals surface area contributed by atoms with E-state index < -0.39 is 25.7 Å². The summed E-state index contributed by atoms with van der Waals surface area (Å²) in [7, 11) is -9.11. The lowest BCUT2D eigenvalue weighted by Crippen LogP contribution is -2.28. The van der Waals surface area contributed by atoms with E-state index in [1.54, 1.807) is 6.07 Å². The van der Waals surface area contributed by atoms with Gasteiger partial charge < -0.3 is 25.2 Å². The molecule has 0 fully saturated rings. The van der Waals surface area contributed by atoms with E-state index in [0.29, 0.717) is 44.0 Å². The Morgan fingerprint density at radius 3 is 2.27 bits per heavy atom. The first-order valence-electron chi connectivity index (χ1n) is 23.6. The molecule has 14 heteroatoms. The van der Waals surface area contributed by atoms with Crippen molar-refractivity contribution in [3.8, 4) is 5.75 Å². The quantitative estimate of drug-likeness (QED) is 0.0498. The summed E-state index contributed by atoms with van der Waals surface area (Å²) in [6.45, 7) is 13.6. The van der Waals surface area contributed by atoms with Crippen molar-refractivity contribution >= 4 is 43.2 Å². The van der Waals surface area contributed by atoms with Gasteiger partial charge in [-0.15, -0.1) is 0 Å². The Balaban J connectivity index is 1.35. The number of benzene rings is 3. The van der Waals surface area contributed by atoms with Crippen LogP contribution in [0, 0.1) is 0 Å². The van der Waals surface area contributed by atoms with Crippen LogP contribution in [0.4, 0.5) is 11.4 Å². The highest BCUT2D eigenvalue weighted by Gasteiger charge is 2.44. The Morgan fingerprint density at radius 2 is 1.56 bits per heavy atom. The number of fused-ring (bicyclic) bond motifs is 2. The zero-order valence-electron chi connectivity index (χ0n) is 39.3. The van der Waals surface area contributed by atoms with E-state index >= 15 is 0 Å². The second kappa shape index (κ2) is 21.8. The lowest BCUT2D eigenvalue weighted by atomic mass is 9.81. The number of para-hydroxylation sites is 1. The maximum atomic E-state index is 12.6. The van der Waals surface area contributed by atoms with Crippen LogP contribution in [-0.4, -0.2) is 68.3 Å². The van der Waals surface area contributed by atoms with Gasteiger partial charge in [0.25, 0.3) is 10.1 Å². The number of anilines is 1. The third-order valence-corrected chi connectivity index (χ3v) is 14.8. The van der Waals surface area contributed by atoms with Gasteiger partial charge in [0.2, 0.25) is 11.6 Å². The van der Waals surface area contributed by atoms with E-state index in [0.717, 1.165) is 105 Å². The average Bonchev–Trinajstić information content (AvgIpc) is 3.62. The number of unbranched alkanes of at least 4 members (excludes halogenated alkanes) is 6. The Morgan fingerprint density at radius 1 is 0.848 bits per heavy atom. The fourth-order valence-corrected chi connectivity index (χ4v) is 10.4. The number of carbonyl (C=O) groups is 1. The second-order valence-electron chi connectivity index (χ2n) is 18.6. The SMILES string of the molecule is CCCC[N+]1=C(/C=C/C2=C(Oc3ccc(S(=O)(=O)O)cc3)C(=C/C=C3/N(CCCCCC(=O)NCCCCCCN)c4ccc(S(=O)(=O)[O-])cc4C3(C)C)/CCC2)C(C)(C)c2ccccc21. The molecule has 12 nitrogen and oxygen atoms in total. The molecule has 1 amide bonds. The third-order valence-electron chi connectivity index (χ3n) is 13.1. The minimum absolute atomic E-state index is 0.0478. The van der Waals surface area contributed by atoms with Crippen molar-refractivity contribution in [1.29, 1.82) is 0 Å². The summed E-state index contributed by atoms with van der Waals surface area (Å²) >= 11 is 0. The molecule has 2 heterocycles. The summed E-state index contributed by atoms with van der Waals surface area (Å²) in [4.78, 5) is 14.3. The van der Waals surface area contributed by atoms with Gasteiger partial charge in [-0.3, -0.25) is 9.35 Å². The van der Waals surface area contributed by atoms with Crippen molar-refractivity contribution in [3.63, 3.8) is 0 Å².